The number of nitrogens with zero attached hydrogens (tertiary/aromatic N) is 1. The fourth-order valence-corrected chi connectivity index (χ4v) is 1.54. The van der Waals surface area contributed by atoms with Crippen molar-refractivity contribution in [2.24, 2.45) is 0 Å². The maximum atomic E-state index is 12.4. The molecule has 1 heterocycles. The van der Waals surface area contributed by atoms with E-state index in [1.165, 1.54) is 0 Å². The highest BCUT2D eigenvalue weighted by Crippen LogP contribution is 2.36. The van der Waals surface area contributed by atoms with Crippen LogP contribution in [0.5, 0.6) is 5.88 Å². The number of halogens is 7. The van der Waals surface area contributed by atoms with Crippen molar-refractivity contribution in [1.82, 2.24) is 4.98 Å². The number of aryl methyl sites for hydroxylation is 1. The molecular weight excluding hydrogens is 320 g/mol. The molecule has 0 spiro atoms. The first-order chi connectivity index (χ1) is 7.50. The molecule has 1 aromatic heterocycles. The molecule has 0 aliphatic rings. The molecule has 1 rings (SSSR count). The van der Waals surface area contributed by atoms with Crippen LogP contribution in [0, 0.1) is 6.92 Å². The Balaban J connectivity index is 3.25. The lowest BCUT2D eigenvalue weighted by atomic mass is 10.2. The van der Waals surface area contributed by atoms with Crippen molar-refractivity contribution in [2.75, 3.05) is 0 Å². The highest BCUT2D eigenvalue weighted by atomic mass is 79.9. The largest absolute Gasteiger partial charge is 0.574 e. The number of ether oxygens (including phenoxy) is 1. The Hall–Kier alpha value is -0.990. The third-order valence-electron chi connectivity index (χ3n) is 1.62. The summed E-state index contributed by atoms with van der Waals surface area (Å²) in [6.45, 7) is 1.08. The van der Waals surface area contributed by atoms with Gasteiger partial charge in [-0.25, -0.2) is 4.98 Å². The van der Waals surface area contributed by atoms with E-state index in [0.29, 0.717) is 0 Å². The van der Waals surface area contributed by atoms with Gasteiger partial charge in [0, 0.05) is 0 Å². The summed E-state index contributed by atoms with van der Waals surface area (Å²) in [7, 11) is 0. The lowest BCUT2D eigenvalue weighted by Crippen LogP contribution is -2.20. The van der Waals surface area contributed by atoms with Crippen molar-refractivity contribution in [3.05, 3.63) is 21.8 Å². The highest BCUT2D eigenvalue weighted by Gasteiger charge is 2.38. The van der Waals surface area contributed by atoms with Crippen LogP contribution in [0.2, 0.25) is 0 Å². The van der Waals surface area contributed by atoms with E-state index in [1.807, 2.05) is 0 Å². The van der Waals surface area contributed by atoms with Crippen molar-refractivity contribution >= 4 is 15.9 Å². The molecule has 0 saturated heterocycles. The van der Waals surface area contributed by atoms with Gasteiger partial charge in [0.1, 0.15) is 0 Å². The van der Waals surface area contributed by atoms with Crippen molar-refractivity contribution in [3.63, 3.8) is 0 Å². The van der Waals surface area contributed by atoms with Gasteiger partial charge in [-0.2, -0.15) is 13.2 Å². The summed E-state index contributed by atoms with van der Waals surface area (Å²) in [5.74, 6) is -1.17. The topological polar surface area (TPSA) is 22.1 Å². The van der Waals surface area contributed by atoms with E-state index >= 15 is 0 Å². The van der Waals surface area contributed by atoms with Gasteiger partial charge >= 0.3 is 12.5 Å². The van der Waals surface area contributed by atoms with Gasteiger partial charge in [0.2, 0.25) is 5.88 Å². The minimum absolute atomic E-state index is 0.305. The van der Waals surface area contributed by atoms with Gasteiger partial charge in [0.15, 0.2) is 5.69 Å². The van der Waals surface area contributed by atoms with Gasteiger partial charge in [-0.1, -0.05) is 0 Å². The van der Waals surface area contributed by atoms with Gasteiger partial charge < -0.3 is 4.74 Å². The molecular formula is C8H4BrF6NO. The van der Waals surface area contributed by atoms with Gasteiger partial charge in [-0.05, 0) is 34.5 Å². The van der Waals surface area contributed by atoms with E-state index < -0.39 is 24.1 Å². The van der Waals surface area contributed by atoms with Crippen molar-refractivity contribution < 1.29 is 31.1 Å². The van der Waals surface area contributed by atoms with Crippen LogP contribution in [-0.4, -0.2) is 11.3 Å². The second-order valence-corrected chi connectivity index (χ2v) is 3.84. The van der Waals surface area contributed by atoms with Crippen molar-refractivity contribution in [2.45, 2.75) is 19.5 Å². The molecule has 0 aromatic carbocycles. The molecule has 17 heavy (non-hydrogen) atoms. The summed E-state index contributed by atoms with van der Waals surface area (Å²) < 4.78 is 75.9. The van der Waals surface area contributed by atoms with Crippen LogP contribution in [0.25, 0.3) is 0 Å². The van der Waals surface area contributed by atoms with E-state index in [4.69, 9.17) is 0 Å². The first-order valence-electron chi connectivity index (χ1n) is 4.01. The first-order valence-corrected chi connectivity index (χ1v) is 4.80. The maximum absolute atomic E-state index is 12.4. The lowest BCUT2D eigenvalue weighted by Gasteiger charge is -2.14. The van der Waals surface area contributed by atoms with Crippen molar-refractivity contribution in [3.8, 4) is 5.88 Å². The Kier molecular flexibility index (Phi) is 3.60. The lowest BCUT2D eigenvalue weighted by molar-refractivity contribution is -0.276. The number of aromatic nitrogens is 1. The van der Waals surface area contributed by atoms with Crippen LogP contribution in [0.15, 0.2) is 10.5 Å². The maximum Gasteiger partial charge on any atom is 0.574 e. The zero-order valence-electron chi connectivity index (χ0n) is 8.08. The predicted octanol–water partition coefficient (Wildman–Crippen LogP) is 4.07. The summed E-state index contributed by atoms with van der Waals surface area (Å²) in [5.41, 5.74) is -1.72. The van der Waals surface area contributed by atoms with Crippen LogP contribution < -0.4 is 4.74 Å². The molecule has 0 bridgehead atoms. The standard InChI is InChI=1S/C8H4BrF6NO/c1-3-2-4(9)6(17-8(13,14)15)16-5(3)7(10,11)12/h2H,1H3. The van der Waals surface area contributed by atoms with E-state index in [-0.39, 0.29) is 10.0 Å². The fraction of sp³-hybridized carbons (Fsp3) is 0.375. The smallest absolute Gasteiger partial charge is 0.387 e. The summed E-state index contributed by atoms with van der Waals surface area (Å²) in [6, 6.07) is 0.858. The molecule has 0 amide bonds. The molecule has 2 nitrogen and oxygen atoms in total. The summed E-state index contributed by atoms with van der Waals surface area (Å²) in [6.07, 6.45) is -9.94. The molecule has 0 aliphatic carbocycles. The average Bonchev–Trinajstić information content (AvgIpc) is 2.05. The molecule has 1 aromatic rings. The highest BCUT2D eigenvalue weighted by molar-refractivity contribution is 9.10. The average molecular weight is 324 g/mol. The van der Waals surface area contributed by atoms with Gasteiger partial charge in [-0.3, -0.25) is 0 Å². The number of hydrogen-bond acceptors (Lipinski definition) is 2. The molecule has 0 N–H and O–H groups in total. The Bertz CT molecular complexity index is 427. The fourth-order valence-electron chi connectivity index (χ4n) is 1.03. The molecule has 0 fully saturated rings. The monoisotopic (exact) mass is 323 g/mol. The minimum atomic E-state index is -5.10. The van der Waals surface area contributed by atoms with Crippen LogP contribution >= 0.6 is 15.9 Å². The Morgan fingerprint density at radius 2 is 1.71 bits per heavy atom. The summed E-state index contributed by atoms with van der Waals surface area (Å²) in [5, 5.41) is 0. The SMILES string of the molecule is Cc1cc(Br)c(OC(F)(F)F)nc1C(F)(F)F. The van der Waals surface area contributed by atoms with Gasteiger partial charge in [-0.15, -0.1) is 13.2 Å². The quantitative estimate of drug-likeness (QED) is 0.727. The number of pyridine rings is 1. The van der Waals surface area contributed by atoms with E-state index in [2.05, 4.69) is 25.7 Å². The molecule has 0 aliphatic heterocycles. The molecule has 0 saturated carbocycles. The Labute approximate surface area is 99.7 Å². The zero-order chi connectivity index (χ0) is 13.4. The van der Waals surface area contributed by atoms with E-state index in [0.717, 1.165) is 13.0 Å². The molecule has 0 unspecified atom stereocenters. The van der Waals surface area contributed by atoms with Gasteiger partial charge in [0.05, 0.1) is 4.47 Å². The van der Waals surface area contributed by atoms with Crippen LogP contribution in [0.3, 0.4) is 0 Å². The molecule has 9 heteroatoms. The van der Waals surface area contributed by atoms with Crippen LogP contribution in [0.4, 0.5) is 26.3 Å². The predicted molar refractivity (Wildman–Crippen MR) is 48.4 cm³/mol. The summed E-state index contributed by atoms with van der Waals surface area (Å²) >= 11 is 2.65. The normalized spacial score (nSPS) is 12.7. The zero-order valence-corrected chi connectivity index (χ0v) is 9.66. The second-order valence-electron chi connectivity index (χ2n) is 2.99. The number of alkyl halides is 6. The van der Waals surface area contributed by atoms with Crippen LogP contribution in [-0.2, 0) is 6.18 Å². The number of hydrogen-bond donors (Lipinski definition) is 0. The van der Waals surface area contributed by atoms with E-state index in [9.17, 15) is 26.3 Å². The second kappa shape index (κ2) is 4.35. The molecule has 0 atom stereocenters. The summed E-state index contributed by atoms with van der Waals surface area (Å²) in [4.78, 5) is 2.81. The minimum Gasteiger partial charge on any atom is -0.387 e. The molecule has 96 valence electrons. The first kappa shape index (κ1) is 14.1. The number of rotatable bonds is 1. The van der Waals surface area contributed by atoms with Crippen LogP contribution in [0.1, 0.15) is 11.3 Å². The third-order valence-corrected chi connectivity index (χ3v) is 2.18. The Morgan fingerprint density at radius 1 is 1.18 bits per heavy atom. The van der Waals surface area contributed by atoms with Gasteiger partial charge in [0.25, 0.3) is 0 Å². The molecule has 0 radical (unpaired) electrons. The third kappa shape index (κ3) is 3.76. The van der Waals surface area contributed by atoms with E-state index in [1.54, 1.807) is 0 Å². The Morgan fingerprint density at radius 3 is 2.12 bits per heavy atom. The van der Waals surface area contributed by atoms with Crippen molar-refractivity contribution in [1.29, 1.82) is 0 Å².